The summed E-state index contributed by atoms with van der Waals surface area (Å²) in [6, 6.07) is 17.8. The Kier molecular flexibility index (Phi) is 5.34. The summed E-state index contributed by atoms with van der Waals surface area (Å²) in [5.74, 6) is -0.775. The van der Waals surface area contributed by atoms with E-state index in [2.05, 4.69) is 10.3 Å². The quantitative estimate of drug-likeness (QED) is 0.634. The molecule has 1 atom stereocenters. The van der Waals surface area contributed by atoms with Crippen molar-refractivity contribution in [2.45, 2.75) is 12.6 Å². The van der Waals surface area contributed by atoms with Crippen molar-refractivity contribution < 1.29 is 14.7 Å². The third kappa shape index (κ3) is 3.92. The first-order valence-corrected chi connectivity index (χ1v) is 8.37. The van der Waals surface area contributed by atoms with Gasteiger partial charge >= 0.3 is 0 Å². The number of amides is 2. The molecule has 0 aliphatic heterocycles. The zero-order valence-corrected chi connectivity index (χ0v) is 14.5. The summed E-state index contributed by atoms with van der Waals surface area (Å²) >= 11 is 0. The number of carbonyl (C=O) groups is 2. The minimum Gasteiger partial charge on any atom is -0.394 e. The van der Waals surface area contributed by atoms with E-state index in [4.69, 9.17) is 0 Å². The maximum absolute atomic E-state index is 12.6. The molecule has 6 nitrogen and oxygen atoms in total. The van der Waals surface area contributed by atoms with Crippen LogP contribution in [-0.2, 0) is 11.3 Å². The van der Waals surface area contributed by atoms with Crippen molar-refractivity contribution in [2.24, 2.45) is 0 Å². The molecule has 6 heteroatoms. The Morgan fingerprint density at radius 2 is 1.81 bits per heavy atom. The first-order valence-electron chi connectivity index (χ1n) is 8.37. The number of likely N-dealkylation sites (N-methyl/N-ethyl adjacent to an activating group) is 1. The fourth-order valence-electron chi connectivity index (χ4n) is 2.82. The average Bonchev–Trinajstić information content (AvgIpc) is 3.10. The second kappa shape index (κ2) is 7.84. The van der Waals surface area contributed by atoms with Crippen LogP contribution in [0.15, 0.2) is 60.7 Å². The monoisotopic (exact) mass is 351 g/mol. The van der Waals surface area contributed by atoms with Crippen LogP contribution in [0, 0.1) is 0 Å². The third-order valence-corrected chi connectivity index (χ3v) is 4.20. The molecule has 0 spiro atoms. The number of nitrogens with zero attached hydrogens (tertiary/aromatic N) is 1. The number of aliphatic hydroxyl groups is 1. The van der Waals surface area contributed by atoms with E-state index in [1.54, 1.807) is 13.1 Å². The number of para-hydroxylation sites is 1. The molecule has 0 bridgehead atoms. The molecule has 0 fully saturated rings. The SMILES string of the molecule is CN(Cc1ccccc1)C(=O)C(CO)NC(=O)c1cc2ccccc2[nH]1. The van der Waals surface area contributed by atoms with Crippen molar-refractivity contribution >= 4 is 22.7 Å². The zero-order chi connectivity index (χ0) is 18.5. The standard InChI is InChI=1S/C20H21N3O3/c1-23(12-14-7-3-2-4-8-14)20(26)18(13-24)22-19(25)17-11-15-9-5-6-10-16(15)21-17/h2-11,18,21,24H,12-13H2,1H3,(H,22,25). The number of hydrogen-bond donors (Lipinski definition) is 3. The number of hydrogen-bond acceptors (Lipinski definition) is 3. The van der Waals surface area contributed by atoms with Gasteiger partial charge in [-0.2, -0.15) is 0 Å². The number of rotatable bonds is 6. The highest BCUT2D eigenvalue weighted by Crippen LogP contribution is 2.14. The Bertz CT molecular complexity index is 872. The first-order chi connectivity index (χ1) is 12.6. The molecule has 0 saturated heterocycles. The number of nitrogens with one attached hydrogen (secondary N) is 2. The van der Waals surface area contributed by atoms with E-state index in [1.165, 1.54) is 4.90 Å². The van der Waals surface area contributed by atoms with Crippen LogP contribution in [-0.4, -0.2) is 46.5 Å². The number of benzene rings is 2. The lowest BCUT2D eigenvalue weighted by molar-refractivity contribution is -0.133. The number of aromatic amines is 1. The number of carbonyl (C=O) groups excluding carboxylic acids is 2. The molecule has 2 amide bonds. The summed E-state index contributed by atoms with van der Waals surface area (Å²) in [6.45, 7) is -0.0671. The minimum absolute atomic E-state index is 0.346. The summed E-state index contributed by atoms with van der Waals surface area (Å²) in [5, 5.41) is 13.1. The molecule has 2 aromatic carbocycles. The molecule has 1 heterocycles. The molecule has 1 unspecified atom stereocenters. The van der Waals surface area contributed by atoms with Crippen LogP contribution in [0.25, 0.3) is 10.9 Å². The minimum atomic E-state index is -0.998. The maximum atomic E-state index is 12.6. The lowest BCUT2D eigenvalue weighted by Crippen LogP contribution is -2.49. The molecule has 0 aliphatic carbocycles. The number of H-pyrrole nitrogens is 1. The number of aliphatic hydroxyl groups excluding tert-OH is 1. The van der Waals surface area contributed by atoms with E-state index >= 15 is 0 Å². The Morgan fingerprint density at radius 1 is 1.12 bits per heavy atom. The summed E-state index contributed by atoms with van der Waals surface area (Å²) in [5.41, 5.74) is 2.16. The van der Waals surface area contributed by atoms with Gasteiger partial charge in [-0.25, -0.2) is 0 Å². The van der Waals surface area contributed by atoms with Crippen molar-refractivity contribution in [2.75, 3.05) is 13.7 Å². The second-order valence-electron chi connectivity index (χ2n) is 6.16. The van der Waals surface area contributed by atoms with Gasteiger partial charge < -0.3 is 20.3 Å². The summed E-state index contributed by atoms with van der Waals surface area (Å²) in [7, 11) is 1.65. The lowest BCUT2D eigenvalue weighted by atomic mass is 10.2. The van der Waals surface area contributed by atoms with Crippen molar-refractivity contribution in [1.82, 2.24) is 15.2 Å². The van der Waals surface area contributed by atoms with E-state index in [-0.39, 0.29) is 5.91 Å². The predicted octanol–water partition coefficient (Wildman–Crippen LogP) is 1.92. The lowest BCUT2D eigenvalue weighted by Gasteiger charge is -2.23. The first kappa shape index (κ1) is 17.7. The molecule has 26 heavy (non-hydrogen) atoms. The van der Waals surface area contributed by atoms with Crippen LogP contribution in [0.1, 0.15) is 16.1 Å². The molecule has 0 radical (unpaired) electrons. The van der Waals surface area contributed by atoms with Gasteiger partial charge in [-0.3, -0.25) is 9.59 Å². The van der Waals surface area contributed by atoms with Crippen LogP contribution < -0.4 is 5.32 Å². The normalized spacial score (nSPS) is 11.9. The van der Waals surface area contributed by atoms with Gasteiger partial charge in [-0.15, -0.1) is 0 Å². The smallest absolute Gasteiger partial charge is 0.268 e. The third-order valence-electron chi connectivity index (χ3n) is 4.20. The molecule has 3 aromatic rings. The fraction of sp³-hybridized carbons (Fsp3) is 0.200. The van der Waals surface area contributed by atoms with Gasteiger partial charge in [0.2, 0.25) is 5.91 Å². The zero-order valence-electron chi connectivity index (χ0n) is 14.5. The van der Waals surface area contributed by atoms with E-state index in [0.29, 0.717) is 12.2 Å². The Morgan fingerprint density at radius 3 is 2.50 bits per heavy atom. The van der Waals surface area contributed by atoms with Crippen molar-refractivity contribution in [3.8, 4) is 0 Å². The second-order valence-corrected chi connectivity index (χ2v) is 6.16. The van der Waals surface area contributed by atoms with Gasteiger partial charge in [0.15, 0.2) is 0 Å². The largest absolute Gasteiger partial charge is 0.394 e. The summed E-state index contributed by atoms with van der Waals surface area (Å²) in [4.78, 5) is 29.5. The Hall–Kier alpha value is -3.12. The molecule has 1 aromatic heterocycles. The van der Waals surface area contributed by atoms with E-state index in [0.717, 1.165) is 16.5 Å². The molecular weight excluding hydrogens is 330 g/mol. The molecule has 134 valence electrons. The van der Waals surface area contributed by atoms with Gasteiger partial charge in [0.05, 0.1) is 6.61 Å². The molecule has 0 saturated carbocycles. The number of fused-ring (bicyclic) bond motifs is 1. The van der Waals surface area contributed by atoms with Gasteiger partial charge in [0.1, 0.15) is 11.7 Å². The van der Waals surface area contributed by atoms with Crippen LogP contribution in [0.4, 0.5) is 0 Å². The van der Waals surface area contributed by atoms with Gasteiger partial charge in [-0.1, -0.05) is 48.5 Å². The fourth-order valence-corrected chi connectivity index (χ4v) is 2.82. The van der Waals surface area contributed by atoms with E-state index < -0.39 is 18.6 Å². The van der Waals surface area contributed by atoms with Crippen molar-refractivity contribution in [3.05, 3.63) is 71.9 Å². The molecule has 3 rings (SSSR count). The highest BCUT2D eigenvalue weighted by atomic mass is 16.3. The topological polar surface area (TPSA) is 85.4 Å². The summed E-state index contributed by atoms with van der Waals surface area (Å²) in [6.07, 6.45) is 0. The van der Waals surface area contributed by atoms with Crippen LogP contribution in [0.3, 0.4) is 0 Å². The van der Waals surface area contributed by atoms with Gasteiger partial charge in [-0.05, 0) is 17.7 Å². The Balaban J connectivity index is 1.67. The molecule has 3 N–H and O–H groups in total. The van der Waals surface area contributed by atoms with Gasteiger partial charge in [0, 0.05) is 24.5 Å². The summed E-state index contributed by atoms with van der Waals surface area (Å²) < 4.78 is 0. The highest BCUT2D eigenvalue weighted by molar-refractivity contribution is 6.00. The molecular formula is C20H21N3O3. The average molecular weight is 351 g/mol. The Labute approximate surface area is 151 Å². The maximum Gasteiger partial charge on any atom is 0.268 e. The van der Waals surface area contributed by atoms with Crippen molar-refractivity contribution in [3.63, 3.8) is 0 Å². The van der Waals surface area contributed by atoms with Crippen LogP contribution >= 0.6 is 0 Å². The van der Waals surface area contributed by atoms with E-state index in [9.17, 15) is 14.7 Å². The van der Waals surface area contributed by atoms with E-state index in [1.807, 2.05) is 54.6 Å². The highest BCUT2D eigenvalue weighted by Gasteiger charge is 2.24. The number of aromatic nitrogens is 1. The van der Waals surface area contributed by atoms with Gasteiger partial charge in [0.25, 0.3) is 5.91 Å². The molecule has 0 aliphatic rings. The van der Waals surface area contributed by atoms with Crippen LogP contribution in [0.5, 0.6) is 0 Å². The van der Waals surface area contributed by atoms with Crippen LogP contribution in [0.2, 0.25) is 0 Å². The predicted molar refractivity (Wildman–Crippen MR) is 99.6 cm³/mol. The van der Waals surface area contributed by atoms with Crippen molar-refractivity contribution in [1.29, 1.82) is 0 Å².